The maximum atomic E-state index is 12.2. The molecule has 25 heavy (non-hydrogen) atoms. The van der Waals surface area contributed by atoms with Gasteiger partial charge in [-0.05, 0) is 38.8 Å². The average molecular weight is 368 g/mol. The van der Waals surface area contributed by atoms with Crippen molar-refractivity contribution in [2.45, 2.75) is 46.3 Å². The Bertz CT molecular complexity index is 629. The second kappa shape index (κ2) is 7.66. The van der Waals surface area contributed by atoms with Crippen LogP contribution in [0, 0.1) is 10.8 Å². The molecular weight excluding hydrogens is 342 g/mol. The lowest BCUT2D eigenvalue weighted by Gasteiger charge is -2.40. The van der Waals surface area contributed by atoms with E-state index in [4.69, 9.17) is 21.7 Å². The minimum atomic E-state index is -0.526. The van der Waals surface area contributed by atoms with Gasteiger partial charge >= 0.3 is 6.09 Å². The molecule has 8 heteroatoms. The van der Waals surface area contributed by atoms with Crippen molar-refractivity contribution in [3.05, 3.63) is 23.2 Å². The van der Waals surface area contributed by atoms with E-state index in [1.807, 2.05) is 27.7 Å². The fourth-order valence-corrected chi connectivity index (χ4v) is 2.68. The van der Waals surface area contributed by atoms with Crippen LogP contribution >= 0.6 is 11.6 Å². The molecule has 0 spiro atoms. The number of aromatic nitrogens is 2. The summed E-state index contributed by atoms with van der Waals surface area (Å²) in [6.45, 7) is 9.72. The molecular formula is C17H26ClN5O2. The van der Waals surface area contributed by atoms with Gasteiger partial charge in [-0.25, -0.2) is 14.8 Å². The summed E-state index contributed by atoms with van der Waals surface area (Å²) in [4.78, 5) is 21.7. The van der Waals surface area contributed by atoms with Crippen molar-refractivity contribution in [1.82, 2.24) is 20.2 Å². The second-order valence-corrected chi connectivity index (χ2v) is 7.99. The number of carbonyl (C=O) groups is 1. The third-order valence-corrected chi connectivity index (χ3v) is 4.38. The van der Waals surface area contributed by atoms with Crippen LogP contribution < -0.4 is 5.32 Å². The Morgan fingerprint density at radius 1 is 1.44 bits per heavy atom. The normalized spacial score (nSPS) is 21.3. The predicted octanol–water partition coefficient (Wildman–Crippen LogP) is 2.89. The van der Waals surface area contributed by atoms with Gasteiger partial charge in [0.05, 0.1) is 6.54 Å². The Morgan fingerprint density at radius 3 is 2.64 bits per heavy atom. The van der Waals surface area contributed by atoms with Gasteiger partial charge in [0.2, 0.25) is 5.28 Å². The van der Waals surface area contributed by atoms with Gasteiger partial charge in [0.15, 0.2) is 0 Å². The number of carbonyl (C=O) groups excluding carboxylic acids is 1. The highest BCUT2D eigenvalue weighted by atomic mass is 35.5. The molecule has 0 aromatic carbocycles. The molecule has 0 bridgehead atoms. The van der Waals surface area contributed by atoms with Crippen LogP contribution in [0.15, 0.2) is 12.4 Å². The molecule has 138 valence electrons. The fraction of sp³-hybridized carbons (Fsp3) is 0.647. The number of amides is 1. The van der Waals surface area contributed by atoms with Crippen molar-refractivity contribution < 1.29 is 9.53 Å². The van der Waals surface area contributed by atoms with Crippen LogP contribution in [0.2, 0.25) is 5.28 Å². The molecule has 1 aliphatic heterocycles. The number of piperidine rings is 1. The third kappa shape index (κ3) is 5.64. The minimum absolute atomic E-state index is 0.229. The highest BCUT2D eigenvalue weighted by molar-refractivity contribution is 6.28. The van der Waals surface area contributed by atoms with Gasteiger partial charge in [-0.3, -0.25) is 0 Å². The lowest BCUT2D eigenvalue weighted by Crippen LogP contribution is -2.52. The summed E-state index contributed by atoms with van der Waals surface area (Å²) in [5.74, 6) is 0. The van der Waals surface area contributed by atoms with Crippen molar-refractivity contribution in [3.63, 3.8) is 0 Å². The zero-order valence-corrected chi connectivity index (χ0v) is 16.0. The predicted molar refractivity (Wildman–Crippen MR) is 97.0 cm³/mol. The number of rotatable bonds is 4. The Morgan fingerprint density at radius 2 is 2.08 bits per heavy atom. The molecule has 2 heterocycles. The molecule has 1 saturated heterocycles. The van der Waals surface area contributed by atoms with Crippen LogP contribution in [0.3, 0.4) is 0 Å². The maximum absolute atomic E-state index is 12.2. The van der Waals surface area contributed by atoms with Crippen molar-refractivity contribution in [1.29, 1.82) is 5.41 Å². The van der Waals surface area contributed by atoms with Gasteiger partial charge in [-0.15, -0.1) is 0 Å². The molecule has 1 aromatic rings. The number of nitrogens with zero attached hydrogens (tertiary/aromatic N) is 3. The first-order valence-electron chi connectivity index (χ1n) is 8.32. The van der Waals surface area contributed by atoms with Gasteiger partial charge in [0.1, 0.15) is 5.60 Å². The number of ether oxygens (including phenoxy) is 1. The fourth-order valence-electron chi connectivity index (χ4n) is 2.58. The first-order chi connectivity index (χ1) is 11.6. The Balaban J connectivity index is 1.85. The average Bonchev–Trinajstić information content (AvgIpc) is 2.50. The zero-order chi connectivity index (χ0) is 18.7. The monoisotopic (exact) mass is 367 g/mol. The van der Waals surface area contributed by atoms with Crippen molar-refractivity contribution in [2.24, 2.45) is 5.41 Å². The van der Waals surface area contributed by atoms with Crippen LogP contribution in [0.4, 0.5) is 4.79 Å². The zero-order valence-electron chi connectivity index (χ0n) is 15.2. The molecule has 1 fully saturated rings. The van der Waals surface area contributed by atoms with Crippen LogP contribution in [0.1, 0.15) is 39.7 Å². The summed E-state index contributed by atoms with van der Waals surface area (Å²) in [5.41, 5.74) is 0.656. The standard InChI is InChI=1S/C17H26ClN5O2/c1-16(2,3)25-15(24)23-6-5-17(4,13(19)10-23)11-20-7-12-8-21-14(18)22-9-12/h8-9,19-20H,5-7,10-11H2,1-4H3/t17-/m1/s1. The van der Waals surface area contributed by atoms with Crippen molar-refractivity contribution in [3.8, 4) is 0 Å². The number of hydrogen-bond donors (Lipinski definition) is 2. The number of halogens is 1. The highest BCUT2D eigenvalue weighted by Gasteiger charge is 2.37. The summed E-state index contributed by atoms with van der Waals surface area (Å²) < 4.78 is 5.39. The van der Waals surface area contributed by atoms with E-state index in [0.717, 1.165) is 12.0 Å². The molecule has 0 unspecified atom stereocenters. The molecule has 1 atom stereocenters. The van der Waals surface area contributed by atoms with Crippen molar-refractivity contribution >= 4 is 23.4 Å². The molecule has 1 aromatic heterocycles. The van der Waals surface area contributed by atoms with Crippen LogP contribution in [-0.4, -0.2) is 51.9 Å². The van der Waals surface area contributed by atoms with E-state index in [1.165, 1.54) is 0 Å². The van der Waals surface area contributed by atoms with E-state index >= 15 is 0 Å². The van der Waals surface area contributed by atoms with Gasteiger partial charge < -0.3 is 20.4 Å². The largest absolute Gasteiger partial charge is 0.444 e. The molecule has 2 rings (SSSR count). The summed E-state index contributed by atoms with van der Waals surface area (Å²) in [6, 6.07) is 0. The third-order valence-electron chi connectivity index (χ3n) is 4.18. The van der Waals surface area contributed by atoms with Crippen LogP contribution in [0.25, 0.3) is 0 Å². The molecule has 0 radical (unpaired) electrons. The lowest BCUT2D eigenvalue weighted by molar-refractivity contribution is 0.0238. The minimum Gasteiger partial charge on any atom is -0.444 e. The highest BCUT2D eigenvalue weighted by Crippen LogP contribution is 2.28. The van der Waals surface area contributed by atoms with E-state index in [1.54, 1.807) is 17.3 Å². The second-order valence-electron chi connectivity index (χ2n) is 7.66. The molecule has 1 aliphatic rings. The van der Waals surface area contributed by atoms with E-state index in [-0.39, 0.29) is 16.8 Å². The van der Waals surface area contributed by atoms with Gasteiger partial charge in [-0.1, -0.05) is 6.92 Å². The first kappa shape index (κ1) is 19.6. The molecule has 7 nitrogen and oxygen atoms in total. The van der Waals surface area contributed by atoms with E-state index < -0.39 is 5.60 Å². The van der Waals surface area contributed by atoms with Crippen LogP contribution in [0.5, 0.6) is 0 Å². The Kier molecular flexibility index (Phi) is 6.00. The van der Waals surface area contributed by atoms with E-state index in [0.29, 0.717) is 31.9 Å². The summed E-state index contributed by atoms with van der Waals surface area (Å²) >= 11 is 5.67. The number of nitrogens with one attached hydrogen (secondary N) is 2. The number of hydrogen-bond acceptors (Lipinski definition) is 6. The van der Waals surface area contributed by atoms with E-state index in [9.17, 15) is 4.79 Å². The van der Waals surface area contributed by atoms with Gasteiger partial charge in [0.25, 0.3) is 0 Å². The summed E-state index contributed by atoms with van der Waals surface area (Å²) in [6.07, 6.45) is 3.72. The van der Waals surface area contributed by atoms with Crippen molar-refractivity contribution in [2.75, 3.05) is 19.6 Å². The summed E-state index contributed by atoms with van der Waals surface area (Å²) in [5, 5.41) is 12.0. The Hall–Kier alpha value is -1.73. The topological polar surface area (TPSA) is 91.2 Å². The van der Waals surface area contributed by atoms with Crippen LogP contribution in [-0.2, 0) is 11.3 Å². The first-order valence-corrected chi connectivity index (χ1v) is 8.70. The molecule has 2 N–H and O–H groups in total. The lowest BCUT2D eigenvalue weighted by atomic mass is 9.78. The number of likely N-dealkylation sites (tertiary alicyclic amines) is 1. The SMILES string of the molecule is CC(C)(C)OC(=O)N1CC[C@](C)(CNCc2cnc(Cl)nc2)C(=N)C1. The van der Waals surface area contributed by atoms with E-state index in [2.05, 4.69) is 15.3 Å². The van der Waals surface area contributed by atoms with Gasteiger partial charge in [0, 0.05) is 48.7 Å². The molecule has 1 amide bonds. The molecule has 0 saturated carbocycles. The quantitative estimate of drug-likeness (QED) is 0.798. The smallest absolute Gasteiger partial charge is 0.410 e. The van der Waals surface area contributed by atoms with Gasteiger partial charge in [-0.2, -0.15) is 0 Å². The Labute approximate surface area is 153 Å². The molecule has 0 aliphatic carbocycles. The maximum Gasteiger partial charge on any atom is 0.410 e. The summed E-state index contributed by atoms with van der Waals surface area (Å²) in [7, 11) is 0.